The zero-order valence-electron chi connectivity index (χ0n) is 18.9. The fourth-order valence-electron chi connectivity index (χ4n) is 3.98. The molecule has 0 bridgehead atoms. The van der Waals surface area contributed by atoms with E-state index in [0.717, 1.165) is 22.3 Å². The molecular weight excluding hydrogens is 475 g/mol. The highest BCUT2D eigenvalue weighted by molar-refractivity contribution is 6.31. The van der Waals surface area contributed by atoms with Gasteiger partial charge >= 0.3 is 5.69 Å². The van der Waals surface area contributed by atoms with Crippen molar-refractivity contribution in [1.82, 2.24) is 19.4 Å². The highest BCUT2D eigenvalue weighted by Gasteiger charge is 2.28. The number of aromatic nitrogens is 4. The van der Waals surface area contributed by atoms with Crippen molar-refractivity contribution in [3.8, 4) is 22.3 Å². The van der Waals surface area contributed by atoms with Gasteiger partial charge in [0.05, 0.1) is 26.0 Å². The van der Waals surface area contributed by atoms with Crippen molar-refractivity contribution in [2.45, 2.75) is 33.1 Å². The van der Waals surface area contributed by atoms with Crippen molar-refractivity contribution in [3.63, 3.8) is 0 Å². The van der Waals surface area contributed by atoms with Gasteiger partial charge in [0.25, 0.3) is 0 Å². The van der Waals surface area contributed by atoms with Gasteiger partial charge in [-0.1, -0.05) is 61.3 Å². The van der Waals surface area contributed by atoms with Crippen molar-refractivity contribution in [1.29, 1.82) is 0 Å². The molecule has 0 aliphatic carbocycles. The Kier molecular flexibility index (Phi) is 6.20. The molecule has 3 heterocycles. The van der Waals surface area contributed by atoms with Gasteiger partial charge in [0, 0.05) is 33.0 Å². The Morgan fingerprint density at radius 3 is 2.18 bits per heavy atom. The zero-order chi connectivity index (χ0) is 23.9. The molecule has 1 fully saturated rings. The van der Waals surface area contributed by atoms with Crippen LogP contribution in [-0.2, 0) is 16.0 Å². The molecule has 1 aliphatic heterocycles. The Hall–Kier alpha value is -2.71. The molecule has 176 valence electrons. The van der Waals surface area contributed by atoms with Gasteiger partial charge in [-0.3, -0.25) is 0 Å². The summed E-state index contributed by atoms with van der Waals surface area (Å²) < 4.78 is 14.4. The molecule has 0 unspecified atom stereocenters. The fraction of sp³-hybridized carbons (Fsp3) is 0.320. The SMILES string of the molecule is CC1(C)COC(CCn2nc3c(-c4ccc(Cl)cc4)c(-c4ccc(Cl)cc4)cnn3c2=O)OC1. The lowest BCUT2D eigenvalue weighted by molar-refractivity contribution is -0.224. The molecule has 1 saturated heterocycles. The molecule has 0 amide bonds. The molecule has 9 heteroatoms. The van der Waals surface area contributed by atoms with E-state index in [4.69, 9.17) is 32.7 Å². The Labute approximate surface area is 206 Å². The number of nitrogens with zero attached hydrogens (tertiary/aromatic N) is 4. The average molecular weight is 499 g/mol. The van der Waals surface area contributed by atoms with Crippen LogP contribution < -0.4 is 5.69 Å². The summed E-state index contributed by atoms with van der Waals surface area (Å²) in [5, 5.41) is 10.3. The van der Waals surface area contributed by atoms with Crippen LogP contribution in [0.25, 0.3) is 27.9 Å². The third-order valence-corrected chi connectivity index (χ3v) is 6.30. The van der Waals surface area contributed by atoms with E-state index in [1.165, 1.54) is 9.20 Å². The maximum absolute atomic E-state index is 13.1. The lowest BCUT2D eigenvalue weighted by atomic mass is 9.95. The molecule has 0 radical (unpaired) electrons. The van der Waals surface area contributed by atoms with Crippen LogP contribution in [0.15, 0.2) is 59.5 Å². The van der Waals surface area contributed by atoms with E-state index in [1.807, 2.05) is 48.5 Å². The van der Waals surface area contributed by atoms with E-state index in [9.17, 15) is 4.79 Å². The van der Waals surface area contributed by atoms with Gasteiger partial charge < -0.3 is 9.47 Å². The number of aryl methyl sites for hydroxylation is 1. The van der Waals surface area contributed by atoms with E-state index in [0.29, 0.717) is 41.9 Å². The molecule has 5 rings (SSSR count). The van der Waals surface area contributed by atoms with Gasteiger partial charge in [0.1, 0.15) is 0 Å². The number of hydrogen-bond acceptors (Lipinski definition) is 5. The predicted molar refractivity (Wildman–Crippen MR) is 132 cm³/mol. The van der Waals surface area contributed by atoms with Crippen LogP contribution in [0.2, 0.25) is 10.0 Å². The maximum atomic E-state index is 13.1. The number of ether oxygens (including phenoxy) is 2. The molecule has 1 aliphatic rings. The van der Waals surface area contributed by atoms with Crippen molar-refractivity contribution < 1.29 is 9.47 Å². The first kappa shape index (κ1) is 23.1. The minimum absolute atomic E-state index is 0.00804. The van der Waals surface area contributed by atoms with Gasteiger partial charge in [0.15, 0.2) is 11.9 Å². The Balaban J connectivity index is 1.55. The smallest absolute Gasteiger partial charge is 0.352 e. The monoisotopic (exact) mass is 498 g/mol. The van der Waals surface area contributed by atoms with Crippen molar-refractivity contribution in [2.75, 3.05) is 13.2 Å². The second-order valence-corrected chi connectivity index (χ2v) is 10.1. The Morgan fingerprint density at radius 2 is 1.56 bits per heavy atom. The molecule has 2 aromatic heterocycles. The molecule has 0 saturated carbocycles. The van der Waals surface area contributed by atoms with Crippen LogP contribution in [0.4, 0.5) is 0 Å². The molecule has 7 nitrogen and oxygen atoms in total. The molecule has 0 N–H and O–H groups in total. The van der Waals surface area contributed by atoms with E-state index >= 15 is 0 Å². The normalized spacial score (nSPS) is 16.2. The predicted octanol–water partition coefficient (Wildman–Crippen LogP) is 5.32. The third-order valence-electron chi connectivity index (χ3n) is 5.80. The highest BCUT2D eigenvalue weighted by Crippen LogP contribution is 2.35. The Bertz CT molecular complexity index is 1370. The van der Waals surface area contributed by atoms with Crippen LogP contribution in [0.5, 0.6) is 0 Å². The minimum atomic E-state index is -0.363. The van der Waals surface area contributed by atoms with Gasteiger partial charge in [-0.2, -0.15) is 9.61 Å². The lowest BCUT2D eigenvalue weighted by Crippen LogP contribution is -2.38. The fourth-order valence-corrected chi connectivity index (χ4v) is 4.23. The van der Waals surface area contributed by atoms with E-state index < -0.39 is 0 Å². The van der Waals surface area contributed by atoms with Crippen LogP contribution >= 0.6 is 23.2 Å². The quantitative estimate of drug-likeness (QED) is 0.372. The summed E-state index contributed by atoms with van der Waals surface area (Å²) >= 11 is 12.2. The molecule has 2 aromatic carbocycles. The summed E-state index contributed by atoms with van der Waals surface area (Å²) in [7, 11) is 0. The zero-order valence-corrected chi connectivity index (χ0v) is 20.4. The summed E-state index contributed by atoms with van der Waals surface area (Å²) in [6.07, 6.45) is 1.83. The standard InChI is InChI=1S/C25H24Cl2N4O3/c1-25(2)14-33-21(34-15-25)11-12-30-24(32)31-23(29-30)22(17-5-9-19(27)10-6-17)20(13-28-31)16-3-7-18(26)8-4-16/h3-10,13,21H,11-12,14-15H2,1-2H3. The lowest BCUT2D eigenvalue weighted by Gasteiger charge is -2.34. The summed E-state index contributed by atoms with van der Waals surface area (Å²) in [4.78, 5) is 13.1. The van der Waals surface area contributed by atoms with Crippen LogP contribution in [0.3, 0.4) is 0 Å². The van der Waals surface area contributed by atoms with E-state index in [1.54, 1.807) is 6.20 Å². The largest absolute Gasteiger partial charge is 0.367 e. The minimum Gasteiger partial charge on any atom is -0.352 e. The molecule has 4 aromatic rings. The van der Waals surface area contributed by atoms with Crippen LogP contribution in [0.1, 0.15) is 20.3 Å². The summed E-state index contributed by atoms with van der Waals surface area (Å²) in [6.45, 7) is 5.77. The number of halogens is 2. The molecular formula is C25H24Cl2N4O3. The Morgan fingerprint density at radius 1 is 0.971 bits per heavy atom. The highest BCUT2D eigenvalue weighted by atomic mass is 35.5. The number of rotatable bonds is 5. The van der Waals surface area contributed by atoms with E-state index in [-0.39, 0.29) is 17.4 Å². The summed E-state index contributed by atoms with van der Waals surface area (Å²) in [6, 6.07) is 14.9. The first-order valence-electron chi connectivity index (χ1n) is 11.0. The summed E-state index contributed by atoms with van der Waals surface area (Å²) in [5.74, 6) is 0. The average Bonchev–Trinajstić information content (AvgIpc) is 3.14. The first-order valence-corrected chi connectivity index (χ1v) is 11.8. The number of hydrogen-bond donors (Lipinski definition) is 0. The van der Waals surface area contributed by atoms with E-state index in [2.05, 4.69) is 24.0 Å². The maximum Gasteiger partial charge on any atom is 0.367 e. The van der Waals surface area contributed by atoms with Gasteiger partial charge in [0.2, 0.25) is 0 Å². The summed E-state index contributed by atoms with van der Waals surface area (Å²) in [5.41, 5.74) is 3.56. The van der Waals surface area contributed by atoms with Gasteiger partial charge in [-0.25, -0.2) is 9.48 Å². The molecule has 34 heavy (non-hydrogen) atoms. The van der Waals surface area contributed by atoms with Crippen LogP contribution in [-0.4, -0.2) is 38.9 Å². The molecule has 0 atom stereocenters. The van der Waals surface area contributed by atoms with Gasteiger partial charge in [-0.15, -0.1) is 5.10 Å². The number of fused-ring (bicyclic) bond motifs is 1. The second-order valence-electron chi connectivity index (χ2n) is 9.19. The third kappa shape index (κ3) is 4.61. The number of benzene rings is 2. The van der Waals surface area contributed by atoms with Gasteiger partial charge in [-0.05, 0) is 35.4 Å². The topological polar surface area (TPSA) is 70.6 Å². The van der Waals surface area contributed by atoms with Crippen molar-refractivity contribution >= 4 is 28.8 Å². The van der Waals surface area contributed by atoms with Crippen molar-refractivity contribution in [2.24, 2.45) is 5.41 Å². The first-order chi connectivity index (χ1) is 16.3. The van der Waals surface area contributed by atoms with Crippen LogP contribution in [0, 0.1) is 5.41 Å². The second kappa shape index (κ2) is 9.15. The van der Waals surface area contributed by atoms with Crippen molar-refractivity contribution in [3.05, 3.63) is 75.3 Å². The molecule has 0 spiro atoms.